The molecule has 1 amide bonds. The Kier molecular flexibility index (Phi) is 6.47. The molecule has 10 heteroatoms. The highest BCUT2D eigenvalue weighted by molar-refractivity contribution is 9.10. The number of anilines is 2. The molecule has 7 nitrogen and oxygen atoms in total. The molecule has 0 aliphatic carbocycles. The molecule has 2 N–H and O–H groups in total. The third-order valence-electron chi connectivity index (χ3n) is 4.60. The molecule has 0 saturated carbocycles. The third kappa shape index (κ3) is 4.72. The Labute approximate surface area is 191 Å². The van der Waals surface area contributed by atoms with Crippen LogP contribution in [-0.4, -0.2) is 49.4 Å². The average Bonchev–Trinajstić information content (AvgIpc) is 3.15. The number of benzene rings is 2. The SMILES string of the molecule is COc1ccc(Br)cc1C(=O)NC(=S)Nc1nc2ccc(N3CCOCC3)cc2s1. The van der Waals surface area contributed by atoms with E-state index >= 15 is 0 Å². The van der Waals surface area contributed by atoms with Gasteiger partial charge >= 0.3 is 0 Å². The summed E-state index contributed by atoms with van der Waals surface area (Å²) in [5, 5.41) is 6.48. The molecule has 1 aliphatic heterocycles. The second-order valence-corrected chi connectivity index (χ2v) is 8.88. The van der Waals surface area contributed by atoms with Gasteiger partial charge in [-0.05, 0) is 48.6 Å². The van der Waals surface area contributed by atoms with Crippen molar-refractivity contribution >= 4 is 71.5 Å². The molecule has 0 atom stereocenters. The minimum absolute atomic E-state index is 0.175. The highest BCUT2D eigenvalue weighted by Crippen LogP contribution is 2.30. The van der Waals surface area contributed by atoms with Crippen LogP contribution in [0.2, 0.25) is 0 Å². The molecule has 3 aromatic rings. The topological polar surface area (TPSA) is 75.7 Å². The molecular formula is C20H19BrN4O3S2. The number of fused-ring (bicyclic) bond motifs is 1. The number of thiocarbonyl (C=S) groups is 1. The van der Waals surface area contributed by atoms with Crippen LogP contribution < -0.4 is 20.3 Å². The molecule has 0 radical (unpaired) electrons. The summed E-state index contributed by atoms with van der Waals surface area (Å²) in [6.45, 7) is 3.24. The second-order valence-electron chi connectivity index (χ2n) is 6.52. The normalized spacial score (nSPS) is 13.9. The summed E-state index contributed by atoms with van der Waals surface area (Å²) in [6, 6.07) is 11.4. The summed E-state index contributed by atoms with van der Waals surface area (Å²) in [4.78, 5) is 19.5. The monoisotopic (exact) mass is 506 g/mol. The van der Waals surface area contributed by atoms with E-state index in [4.69, 9.17) is 21.7 Å². The van der Waals surface area contributed by atoms with Crippen LogP contribution in [0.1, 0.15) is 10.4 Å². The quantitative estimate of drug-likeness (QED) is 0.517. The Morgan fingerprint density at radius 1 is 1.27 bits per heavy atom. The highest BCUT2D eigenvalue weighted by Gasteiger charge is 2.16. The molecule has 1 aliphatic rings. The van der Waals surface area contributed by atoms with Crippen LogP contribution in [0.3, 0.4) is 0 Å². The van der Waals surface area contributed by atoms with E-state index < -0.39 is 0 Å². The molecule has 0 bridgehead atoms. The number of thiazole rings is 1. The number of nitrogens with zero attached hydrogens (tertiary/aromatic N) is 2. The molecule has 4 rings (SSSR count). The van der Waals surface area contributed by atoms with Gasteiger partial charge in [0.05, 0.1) is 36.1 Å². The van der Waals surface area contributed by atoms with Gasteiger partial charge in [0.1, 0.15) is 5.75 Å². The van der Waals surface area contributed by atoms with Crippen LogP contribution >= 0.6 is 39.5 Å². The first-order valence-electron chi connectivity index (χ1n) is 9.22. The van der Waals surface area contributed by atoms with E-state index in [1.165, 1.54) is 18.4 Å². The fourth-order valence-corrected chi connectivity index (χ4v) is 4.66. The number of carbonyl (C=O) groups is 1. The van der Waals surface area contributed by atoms with E-state index in [1.807, 2.05) is 6.07 Å². The number of rotatable bonds is 4. The molecule has 156 valence electrons. The zero-order chi connectivity index (χ0) is 21.1. The van der Waals surface area contributed by atoms with Gasteiger partial charge in [0.15, 0.2) is 10.2 Å². The van der Waals surface area contributed by atoms with Crippen molar-refractivity contribution in [1.29, 1.82) is 0 Å². The van der Waals surface area contributed by atoms with Crippen LogP contribution in [0.25, 0.3) is 10.2 Å². The van der Waals surface area contributed by atoms with Crippen molar-refractivity contribution in [3.05, 3.63) is 46.4 Å². The lowest BCUT2D eigenvalue weighted by molar-refractivity contribution is 0.0974. The summed E-state index contributed by atoms with van der Waals surface area (Å²) in [5.74, 6) is 0.107. The van der Waals surface area contributed by atoms with Gasteiger partial charge in [-0.1, -0.05) is 27.3 Å². The third-order valence-corrected chi connectivity index (χ3v) is 6.23. The standard InChI is InChI=1S/C20H19BrN4O3S2/c1-27-16-5-2-12(21)10-14(16)18(26)23-19(29)24-20-22-15-4-3-13(11-17(15)30-20)25-6-8-28-9-7-25/h2-5,10-11H,6-9H2,1H3,(H2,22,23,24,26,29). The maximum atomic E-state index is 12.6. The fraction of sp³-hybridized carbons (Fsp3) is 0.250. The summed E-state index contributed by atoms with van der Waals surface area (Å²) >= 11 is 10.2. The van der Waals surface area contributed by atoms with Crippen molar-refractivity contribution < 1.29 is 14.3 Å². The van der Waals surface area contributed by atoms with Crippen molar-refractivity contribution in [2.75, 3.05) is 43.6 Å². The number of nitrogens with one attached hydrogen (secondary N) is 2. The number of hydrogen-bond acceptors (Lipinski definition) is 7. The largest absolute Gasteiger partial charge is 0.496 e. The molecule has 0 unspecified atom stereocenters. The van der Waals surface area contributed by atoms with Crippen LogP contribution in [-0.2, 0) is 4.74 Å². The lowest BCUT2D eigenvalue weighted by atomic mass is 10.2. The number of morpholine rings is 1. The zero-order valence-electron chi connectivity index (χ0n) is 16.1. The lowest BCUT2D eigenvalue weighted by Gasteiger charge is -2.28. The first-order valence-corrected chi connectivity index (χ1v) is 11.2. The summed E-state index contributed by atoms with van der Waals surface area (Å²) in [7, 11) is 1.52. The van der Waals surface area contributed by atoms with E-state index in [0.717, 1.165) is 46.7 Å². The van der Waals surface area contributed by atoms with Gasteiger partial charge in [-0.25, -0.2) is 4.98 Å². The van der Waals surface area contributed by atoms with Gasteiger partial charge in [0, 0.05) is 23.2 Å². The molecule has 1 fully saturated rings. The molecule has 0 spiro atoms. The molecular weight excluding hydrogens is 488 g/mol. The van der Waals surface area contributed by atoms with Gasteiger partial charge in [-0.2, -0.15) is 0 Å². The number of amides is 1. The minimum Gasteiger partial charge on any atom is -0.496 e. The zero-order valence-corrected chi connectivity index (χ0v) is 19.3. The fourth-order valence-electron chi connectivity index (χ4n) is 3.14. The van der Waals surface area contributed by atoms with Crippen molar-refractivity contribution in [1.82, 2.24) is 10.3 Å². The summed E-state index contributed by atoms with van der Waals surface area (Å²) in [5.41, 5.74) is 2.41. The Balaban J connectivity index is 1.45. The van der Waals surface area contributed by atoms with E-state index in [1.54, 1.807) is 18.2 Å². The lowest BCUT2D eigenvalue weighted by Crippen LogP contribution is -2.36. The van der Waals surface area contributed by atoms with Gasteiger partial charge in [0.2, 0.25) is 0 Å². The average molecular weight is 507 g/mol. The first-order chi connectivity index (χ1) is 14.5. The number of methoxy groups -OCH3 is 1. The number of hydrogen-bond donors (Lipinski definition) is 2. The number of carbonyl (C=O) groups excluding carboxylic acids is 1. The van der Waals surface area contributed by atoms with Gasteiger partial charge in [-0.3, -0.25) is 10.1 Å². The summed E-state index contributed by atoms with van der Waals surface area (Å²) < 4.78 is 12.5. The van der Waals surface area contributed by atoms with Crippen molar-refractivity contribution in [3.63, 3.8) is 0 Å². The minimum atomic E-state index is -0.360. The highest BCUT2D eigenvalue weighted by atomic mass is 79.9. The maximum absolute atomic E-state index is 12.6. The molecule has 1 aromatic heterocycles. The van der Waals surface area contributed by atoms with E-state index in [2.05, 4.69) is 48.6 Å². The Morgan fingerprint density at radius 3 is 2.83 bits per heavy atom. The first kappa shape index (κ1) is 21.0. The van der Waals surface area contributed by atoms with Crippen LogP contribution in [0.15, 0.2) is 40.9 Å². The molecule has 30 heavy (non-hydrogen) atoms. The van der Waals surface area contributed by atoms with Gasteiger partial charge in [0.25, 0.3) is 5.91 Å². The summed E-state index contributed by atoms with van der Waals surface area (Å²) in [6.07, 6.45) is 0. The Morgan fingerprint density at radius 2 is 2.07 bits per heavy atom. The number of ether oxygens (including phenoxy) is 2. The van der Waals surface area contributed by atoms with Gasteiger partial charge in [-0.15, -0.1) is 0 Å². The van der Waals surface area contributed by atoms with E-state index in [9.17, 15) is 4.79 Å². The van der Waals surface area contributed by atoms with Crippen molar-refractivity contribution in [2.45, 2.75) is 0 Å². The van der Waals surface area contributed by atoms with E-state index in [-0.39, 0.29) is 11.0 Å². The van der Waals surface area contributed by atoms with Crippen LogP contribution in [0.4, 0.5) is 10.8 Å². The van der Waals surface area contributed by atoms with Crippen molar-refractivity contribution in [2.24, 2.45) is 0 Å². The van der Waals surface area contributed by atoms with Gasteiger partial charge < -0.3 is 19.7 Å². The van der Waals surface area contributed by atoms with E-state index in [0.29, 0.717) is 16.4 Å². The number of aromatic nitrogens is 1. The molecule has 1 saturated heterocycles. The van der Waals surface area contributed by atoms with Crippen molar-refractivity contribution in [3.8, 4) is 5.75 Å². The Bertz CT molecular complexity index is 1100. The predicted octanol–water partition coefficient (Wildman–Crippen LogP) is 4.03. The Hall–Kier alpha value is -2.27. The van der Waals surface area contributed by atoms with Crippen LogP contribution in [0.5, 0.6) is 5.75 Å². The smallest absolute Gasteiger partial charge is 0.261 e. The molecule has 2 aromatic carbocycles. The maximum Gasteiger partial charge on any atom is 0.261 e. The second kappa shape index (κ2) is 9.25. The predicted molar refractivity (Wildman–Crippen MR) is 127 cm³/mol. The van der Waals surface area contributed by atoms with Crippen LogP contribution in [0, 0.1) is 0 Å². The number of halogens is 1. The molecule has 2 heterocycles.